The van der Waals surface area contributed by atoms with E-state index in [0.717, 1.165) is 13.0 Å². The normalized spacial score (nSPS) is 25.5. The quantitative estimate of drug-likeness (QED) is 0.810. The smallest absolute Gasteiger partial charge is 0.0908 e. The van der Waals surface area contributed by atoms with Crippen LogP contribution in [-0.4, -0.2) is 22.0 Å². The Labute approximate surface area is 116 Å². The second-order valence-electron chi connectivity index (χ2n) is 7.52. The first kappa shape index (κ1) is 13.2. The lowest BCUT2D eigenvalue weighted by Gasteiger charge is -2.26. The van der Waals surface area contributed by atoms with Gasteiger partial charge in [-0.1, -0.05) is 34.6 Å². The molecule has 3 rings (SSSR count). The molecule has 2 aliphatic rings. The van der Waals surface area contributed by atoms with Gasteiger partial charge in [-0.15, -0.1) is 0 Å². The van der Waals surface area contributed by atoms with Crippen LogP contribution in [0.1, 0.15) is 77.2 Å². The molecule has 2 heterocycles. The maximum absolute atomic E-state index is 6.00. The van der Waals surface area contributed by atoms with Crippen molar-refractivity contribution in [2.45, 2.75) is 76.9 Å². The van der Waals surface area contributed by atoms with Gasteiger partial charge in [0, 0.05) is 17.7 Å². The summed E-state index contributed by atoms with van der Waals surface area (Å²) in [6.07, 6.45) is 3.53. The highest BCUT2D eigenvalue weighted by Crippen LogP contribution is 2.54. The van der Waals surface area contributed by atoms with E-state index in [1.807, 2.05) is 0 Å². The van der Waals surface area contributed by atoms with Crippen molar-refractivity contribution in [3.63, 3.8) is 0 Å². The number of aromatic nitrogens is 2. The van der Waals surface area contributed by atoms with Crippen LogP contribution in [0.5, 0.6) is 0 Å². The Bertz CT molecular complexity index is 477. The lowest BCUT2D eigenvalue weighted by Crippen LogP contribution is -2.28. The van der Waals surface area contributed by atoms with Crippen molar-refractivity contribution in [3.05, 3.63) is 17.5 Å². The molecule has 1 aliphatic carbocycles. The third-order valence-electron chi connectivity index (χ3n) is 4.54. The van der Waals surface area contributed by atoms with Gasteiger partial charge in [-0.05, 0) is 31.2 Å². The monoisotopic (exact) mass is 262 g/mol. The molecule has 0 aromatic carbocycles. The summed E-state index contributed by atoms with van der Waals surface area (Å²) in [5.74, 6) is 0.486. The van der Waals surface area contributed by atoms with Crippen molar-refractivity contribution in [2.24, 2.45) is 0 Å². The molecule has 1 aromatic heterocycles. The summed E-state index contributed by atoms with van der Waals surface area (Å²) >= 11 is 0. The van der Waals surface area contributed by atoms with Crippen molar-refractivity contribution < 1.29 is 4.74 Å². The summed E-state index contributed by atoms with van der Waals surface area (Å²) in [5.41, 5.74) is 2.84. The van der Waals surface area contributed by atoms with Crippen molar-refractivity contribution in [2.75, 3.05) is 6.61 Å². The number of ether oxygens (including phenoxy) is 1. The molecule has 1 spiro atoms. The topological polar surface area (TPSA) is 27.1 Å². The summed E-state index contributed by atoms with van der Waals surface area (Å²) in [6, 6.07) is 2.76. The summed E-state index contributed by atoms with van der Waals surface area (Å²) in [6.45, 7) is 12.2. The second-order valence-corrected chi connectivity index (χ2v) is 7.52. The van der Waals surface area contributed by atoms with Crippen LogP contribution in [0.25, 0.3) is 0 Å². The van der Waals surface area contributed by atoms with Crippen LogP contribution in [0.2, 0.25) is 0 Å². The SMILES string of the molecule is CC(C)c1cc(C(C)(C)C)n(C2CCOC23CC3)n1. The molecule has 0 bridgehead atoms. The molecule has 2 fully saturated rings. The second kappa shape index (κ2) is 4.08. The fourth-order valence-corrected chi connectivity index (χ4v) is 3.17. The minimum atomic E-state index is 0.125. The van der Waals surface area contributed by atoms with Crippen molar-refractivity contribution in [1.29, 1.82) is 0 Å². The third kappa shape index (κ3) is 2.12. The van der Waals surface area contributed by atoms with E-state index in [0.29, 0.717) is 12.0 Å². The number of rotatable bonds is 2. The fraction of sp³-hybridized carbons (Fsp3) is 0.812. The van der Waals surface area contributed by atoms with E-state index in [-0.39, 0.29) is 11.0 Å². The van der Waals surface area contributed by atoms with Crippen molar-refractivity contribution in [3.8, 4) is 0 Å². The van der Waals surface area contributed by atoms with Crippen molar-refractivity contribution in [1.82, 2.24) is 9.78 Å². The third-order valence-corrected chi connectivity index (χ3v) is 4.54. The first-order chi connectivity index (χ1) is 8.83. The van der Waals surface area contributed by atoms with E-state index in [1.54, 1.807) is 0 Å². The molecule has 1 atom stereocenters. The molecule has 1 aliphatic heterocycles. The Morgan fingerprint density at radius 2 is 2.05 bits per heavy atom. The highest BCUT2D eigenvalue weighted by atomic mass is 16.5. The van der Waals surface area contributed by atoms with Crippen molar-refractivity contribution >= 4 is 0 Å². The first-order valence-electron chi connectivity index (χ1n) is 7.57. The Kier molecular flexibility index (Phi) is 2.83. The van der Waals surface area contributed by atoms with Gasteiger partial charge in [0.05, 0.1) is 17.3 Å². The van der Waals surface area contributed by atoms with Gasteiger partial charge in [-0.25, -0.2) is 0 Å². The molecule has 1 saturated heterocycles. The minimum Gasteiger partial charge on any atom is -0.373 e. The first-order valence-corrected chi connectivity index (χ1v) is 7.57. The molecule has 1 aromatic rings. The lowest BCUT2D eigenvalue weighted by atomic mass is 9.90. The van der Waals surface area contributed by atoms with Gasteiger partial charge in [-0.3, -0.25) is 4.68 Å². The van der Waals surface area contributed by atoms with Gasteiger partial charge < -0.3 is 4.74 Å². The highest BCUT2D eigenvalue weighted by Gasteiger charge is 2.56. The Morgan fingerprint density at radius 1 is 1.37 bits per heavy atom. The Balaban J connectivity index is 2.04. The molecule has 0 N–H and O–H groups in total. The Hall–Kier alpha value is -0.830. The molecule has 19 heavy (non-hydrogen) atoms. The molecule has 3 nitrogen and oxygen atoms in total. The Morgan fingerprint density at radius 3 is 2.58 bits per heavy atom. The predicted molar refractivity (Wildman–Crippen MR) is 76.6 cm³/mol. The average molecular weight is 262 g/mol. The zero-order chi connectivity index (χ0) is 13.8. The summed E-state index contributed by atoms with van der Waals surface area (Å²) in [5, 5.41) is 4.93. The van der Waals surface area contributed by atoms with Gasteiger partial charge >= 0.3 is 0 Å². The van der Waals surface area contributed by atoms with Gasteiger partial charge in [0.25, 0.3) is 0 Å². The van der Waals surface area contributed by atoms with E-state index in [4.69, 9.17) is 9.84 Å². The number of hydrogen-bond donors (Lipinski definition) is 0. The fourth-order valence-electron chi connectivity index (χ4n) is 3.17. The minimum absolute atomic E-state index is 0.125. The van der Waals surface area contributed by atoms with Crippen LogP contribution < -0.4 is 0 Å². The van der Waals surface area contributed by atoms with Crippen LogP contribution >= 0.6 is 0 Å². The van der Waals surface area contributed by atoms with Gasteiger partial charge in [-0.2, -0.15) is 5.10 Å². The molecular weight excluding hydrogens is 236 g/mol. The maximum Gasteiger partial charge on any atom is 0.0908 e. The summed E-state index contributed by atoms with van der Waals surface area (Å²) in [4.78, 5) is 0. The van der Waals surface area contributed by atoms with Crippen LogP contribution in [0.15, 0.2) is 6.07 Å². The van der Waals surface area contributed by atoms with E-state index in [2.05, 4.69) is 45.4 Å². The largest absolute Gasteiger partial charge is 0.373 e. The number of hydrogen-bond acceptors (Lipinski definition) is 2. The zero-order valence-electron chi connectivity index (χ0n) is 12.9. The van der Waals surface area contributed by atoms with E-state index >= 15 is 0 Å². The molecule has 3 heteroatoms. The molecule has 0 amide bonds. The van der Waals surface area contributed by atoms with Gasteiger partial charge in [0.15, 0.2) is 0 Å². The zero-order valence-corrected chi connectivity index (χ0v) is 12.9. The number of nitrogens with zero attached hydrogens (tertiary/aromatic N) is 2. The van der Waals surface area contributed by atoms with E-state index in [1.165, 1.54) is 24.2 Å². The molecule has 0 radical (unpaired) electrons. The average Bonchev–Trinajstić information content (AvgIpc) is 2.73. The molecule has 1 saturated carbocycles. The van der Waals surface area contributed by atoms with Gasteiger partial charge in [0.1, 0.15) is 0 Å². The standard InChI is InChI=1S/C16H26N2O/c1-11(2)12-10-14(15(3,4)5)18(17-12)13-6-9-19-16(13)7-8-16/h10-11,13H,6-9H2,1-5H3. The maximum atomic E-state index is 6.00. The molecular formula is C16H26N2O. The summed E-state index contributed by atoms with van der Waals surface area (Å²) < 4.78 is 8.30. The van der Waals surface area contributed by atoms with Crippen LogP contribution in [-0.2, 0) is 10.2 Å². The van der Waals surface area contributed by atoms with Gasteiger partial charge in [0.2, 0.25) is 0 Å². The lowest BCUT2D eigenvalue weighted by molar-refractivity contribution is 0.0666. The summed E-state index contributed by atoms with van der Waals surface area (Å²) in [7, 11) is 0. The van der Waals surface area contributed by atoms with Crippen LogP contribution in [0.3, 0.4) is 0 Å². The molecule has 1 unspecified atom stereocenters. The predicted octanol–water partition coefficient (Wildman–Crippen LogP) is 3.80. The van der Waals surface area contributed by atoms with E-state index < -0.39 is 0 Å². The van der Waals surface area contributed by atoms with Crippen LogP contribution in [0, 0.1) is 0 Å². The van der Waals surface area contributed by atoms with Crippen LogP contribution in [0.4, 0.5) is 0 Å². The highest BCUT2D eigenvalue weighted by molar-refractivity contribution is 5.23. The van der Waals surface area contributed by atoms with E-state index in [9.17, 15) is 0 Å². The molecule has 106 valence electrons.